The molecular weight excluding hydrogens is 132 g/mol. The van der Waals surface area contributed by atoms with Crippen LogP contribution in [-0.2, 0) is 14.6 Å². The number of carbonyl (C=O) groups excluding carboxylic acids is 1. The molecule has 1 atom stereocenters. The van der Waals surface area contributed by atoms with Crippen molar-refractivity contribution in [3.8, 4) is 0 Å². The monoisotopic (exact) mass is 143 g/mol. The molecule has 0 aromatic rings. The van der Waals surface area contributed by atoms with Gasteiger partial charge in [-0.3, -0.25) is 4.79 Å². The summed E-state index contributed by atoms with van der Waals surface area (Å²) in [5.41, 5.74) is 0. The van der Waals surface area contributed by atoms with Crippen LogP contribution in [0.4, 0.5) is 0 Å². The summed E-state index contributed by atoms with van der Waals surface area (Å²) in [7, 11) is 0. The van der Waals surface area contributed by atoms with Crippen LogP contribution in [0.25, 0.3) is 0 Å². The molecule has 0 aromatic heterocycles. The normalized spacial score (nSPS) is 28.6. The van der Waals surface area contributed by atoms with Gasteiger partial charge in [0.2, 0.25) is 6.29 Å². The fourth-order valence-electron chi connectivity index (χ4n) is 0.924. The second-order valence-electron chi connectivity index (χ2n) is 2.37. The van der Waals surface area contributed by atoms with Gasteiger partial charge in [0, 0.05) is 0 Å². The highest BCUT2D eigenvalue weighted by Crippen LogP contribution is 2.09. The maximum Gasteiger partial charge on any atom is 0.233 e. The van der Waals surface area contributed by atoms with Crippen LogP contribution in [0.5, 0.6) is 0 Å². The molecule has 1 aliphatic rings. The highest BCUT2D eigenvalue weighted by atomic mass is 17.2. The molecule has 1 rings (SSSR count). The van der Waals surface area contributed by atoms with Crippen LogP contribution >= 0.6 is 0 Å². The Morgan fingerprint density at radius 3 is 3.00 bits per heavy atom. The summed E-state index contributed by atoms with van der Waals surface area (Å²) in [5, 5.41) is 0. The van der Waals surface area contributed by atoms with E-state index in [1.165, 1.54) is 0 Å². The van der Waals surface area contributed by atoms with E-state index in [1.54, 1.807) is 6.29 Å². The molecule has 10 heavy (non-hydrogen) atoms. The molecule has 0 spiro atoms. The summed E-state index contributed by atoms with van der Waals surface area (Å²) in [6.45, 7) is 0.595. The second kappa shape index (κ2) is 4.41. The van der Waals surface area contributed by atoms with Gasteiger partial charge in [0.15, 0.2) is 6.10 Å². The Balaban J connectivity index is 2.22. The van der Waals surface area contributed by atoms with E-state index >= 15 is 0 Å². The van der Waals surface area contributed by atoms with Gasteiger partial charge in [0.1, 0.15) is 0 Å². The molecule has 1 aliphatic heterocycles. The first-order valence-corrected chi connectivity index (χ1v) is 3.59. The summed E-state index contributed by atoms with van der Waals surface area (Å²) in [6, 6.07) is 0. The Morgan fingerprint density at radius 1 is 1.30 bits per heavy atom. The van der Waals surface area contributed by atoms with Crippen molar-refractivity contribution in [2.45, 2.75) is 31.8 Å². The molecule has 0 amide bonds. The average Bonchev–Trinajstić information content (AvgIpc) is 1.87. The van der Waals surface area contributed by atoms with Crippen LogP contribution in [0.1, 0.15) is 25.7 Å². The van der Waals surface area contributed by atoms with Crippen LogP contribution in [0.2, 0.25) is 0 Å². The molecule has 0 saturated carbocycles. The van der Waals surface area contributed by atoms with Crippen molar-refractivity contribution in [2.24, 2.45) is 0 Å². The third-order valence-electron chi connectivity index (χ3n) is 1.51. The van der Waals surface area contributed by atoms with Crippen molar-refractivity contribution in [1.82, 2.24) is 0 Å². The first-order chi connectivity index (χ1) is 4.93. The van der Waals surface area contributed by atoms with Gasteiger partial charge in [-0.15, -0.1) is 0 Å². The lowest BCUT2D eigenvalue weighted by atomic mass is 10.1. The Kier molecular flexibility index (Phi) is 3.40. The summed E-state index contributed by atoms with van der Waals surface area (Å²) in [4.78, 5) is 19.5. The molecule has 1 unspecified atom stereocenters. The van der Waals surface area contributed by atoms with Crippen molar-refractivity contribution in [1.29, 1.82) is 0 Å². The van der Waals surface area contributed by atoms with E-state index in [0.717, 1.165) is 25.7 Å². The average molecular weight is 143 g/mol. The van der Waals surface area contributed by atoms with Crippen LogP contribution < -0.4 is 0 Å². The zero-order chi connectivity index (χ0) is 7.23. The van der Waals surface area contributed by atoms with Gasteiger partial charge in [0.05, 0.1) is 6.61 Å². The molecule has 1 saturated heterocycles. The zero-order valence-corrected chi connectivity index (χ0v) is 5.84. The topological polar surface area (TPSA) is 35.5 Å². The highest BCUT2D eigenvalue weighted by Gasteiger charge is 2.11. The largest absolute Gasteiger partial charge is 0.288 e. The Morgan fingerprint density at radius 2 is 2.20 bits per heavy atom. The van der Waals surface area contributed by atoms with E-state index in [1.807, 2.05) is 0 Å². The third kappa shape index (κ3) is 2.45. The second-order valence-corrected chi connectivity index (χ2v) is 2.37. The molecule has 0 bridgehead atoms. The quantitative estimate of drug-likeness (QED) is 0.513. The maximum atomic E-state index is 10.1. The minimum atomic E-state index is -0.458. The third-order valence-corrected chi connectivity index (χ3v) is 1.51. The first-order valence-electron chi connectivity index (χ1n) is 3.59. The molecule has 1 heterocycles. The Hall–Kier alpha value is -0.410. The molecule has 0 aromatic carbocycles. The molecule has 1 fully saturated rings. The van der Waals surface area contributed by atoms with Gasteiger partial charge < -0.3 is 0 Å². The molecule has 1 radical (unpaired) electrons. The summed E-state index contributed by atoms with van der Waals surface area (Å²) in [5.74, 6) is 0. The Labute approximate surface area is 60.2 Å². The maximum absolute atomic E-state index is 10.1. The van der Waals surface area contributed by atoms with Crippen molar-refractivity contribution in [3.05, 3.63) is 0 Å². The van der Waals surface area contributed by atoms with Gasteiger partial charge >= 0.3 is 0 Å². The molecular formula is C7H11O3. The standard InChI is InChI=1S/C7H11O3/c8-6-7-4-2-1-3-5-9-10-7/h7H,1-5H2. The minimum Gasteiger partial charge on any atom is -0.288 e. The van der Waals surface area contributed by atoms with Crippen molar-refractivity contribution in [2.75, 3.05) is 6.61 Å². The summed E-state index contributed by atoms with van der Waals surface area (Å²) < 4.78 is 0. The molecule has 57 valence electrons. The predicted molar refractivity (Wildman–Crippen MR) is 35.0 cm³/mol. The van der Waals surface area contributed by atoms with E-state index < -0.39 is 6.10 Å². The number of hydrogen-bond acceptors (Lipinski definition) is 3. The first kappa shape index (κ1) is 7.69. The SMILES string of the molecule is O=[C]C1CCCCCOO1. The summed E-state index contributed by atoms with van der Waals surface area (Å²) in [6.07, 6.45) is 5.22. The van der Waals surface area contributed by atoms with Crippen LogP contribution in [-0.4, -0.2) is 19.0 Å². The van der Waals surface area contributed by atoms with Crippen molar-refractivity contribution >= 4 is 6.29 Å². The van der Waals surface area contributed by atoms with Gasteiger partial charge in [-0.1, -0.05) is 12.8 Å². The lowest BCUT2D eigenvalue weighted by Crippen LogP contribution is -2.17. The van der Waals surface area contributed by atoms with E-state index in [4.69, 9.17) is 9.78 Å². The number of hydrogen-bond donors (Lipinski definition) is 0. The van der Waals surface area contributed by atoms with Gasteiger partial charge in [-0.05, 0) is 12.8 Å². The van der Waals surface area contributed by atoms with Gasteiger partial charge in [-0.2, -0.15) is 0 Å². The van der Waals surface area contributed by atoms with Crippen molar-refractivity contribution < 1.29 is 14.6 Å². The lowest BCUT2D eigenvalue weighted by Gasteiger charge is -2.12. The van der Waals surface area contributed by atoms with Gasteiger partial charge in [0.25, 0.3) is 0 Å². The Bertz CT molecular complexity index is 95.0. The predicted octanol–water partition coefficient (Wildman–Crippen LogP) is 0.987. The van der Waals surface area contributed by atoms with Crippen LogP contribution in [0, 0.1) is 0 Å². The highest BCUT2D eigenvalue weighted by molar-refractivity contribution is 5.56. The van der Waals surface area contributed by atoms with E-state index in [9.17, 15) is 4.79 Å². The fraction of sp³-hybridized carbons (Fsp3) is 0.857. The summed E-state index contributed by atoms with van der Waals surface area (Å²) >= 11 is 0. The molecule has 3 heteroatoms. The van der Waals surface area contributed by atoms with Crippen molar-refractivity contribution in [3.63, 3.8) is 0 Å². The van der Waals surface area contributed by atoms with Crippen LogP contribution in [0.3, 0.4) is 0 Å². The molecule has 0 N–H and O–H groups in total. The van der Waals surface area contributed by atoms with Crippen LogP contribution in [0.15, 0.2) is 0 Å². The lowest BCUT2D eigenvalue weighted by molar-refractivity contribution is -0.313. The number of rotatable bonds is 1. The van der Waals surface area contributed by atoms with E-state index in [0.29, 0.717) is 6.61 Å². The zero-order valence-electron chi connectivity index (χ0n) is 5.84. The van der Waals surface area contributed by atoms with E-state index in [2.05, 4.69) is 0 Å². The molecule has 3 nitrogen and oxygen atoms in total. The molecule has 0 aliphatic carbocycles. The van der Waals surface area contributed by atoms with E-state index in [-0.39, 0.29) is 0 Å². The fourth-order valence-corrected chi connectivity index (χ4v) is 0.924. The smallest absolute Gasteiger partial charge is 0.233 e. The minimum absolute atomic E-state index is 0.458. The van der Waals surface area contributed by atoms with Gasteiger partial charge in [-0.25, -0.2) is 9.78 Å².